The van der Waals surface area contributed by atoms with E-state index in [9.17, 15) is 14.4 Å². The van der Waals surface area contributed by atoms with Crippen molar-refractivity contribution in [2.75, 3.05) is 13.2 Å². The Morgan fingerprint density at radius 1 is 0.253 bits per heavy atom. The molecule has 0 saturated carbocycles. The summed E-state index contributed by atoms with van der Waals surface area (Å²) in [6.45, 7) is 6.33. The van der Waals surface area contributed by atoms with E-state index in [0.717, 1.165) is 186 Å². The van der Waals surface area contributed by atoms with Gasteiger partial charge >= 0.3 is 17.9 Å². The van der Waals surface area contributed by atoms with Crippen molar-refractivity contribution in [3.63, 3.8) is 0 Å². The molecule has 0 fully saturated rings. The Labute approximate surface area is 510 Å². The summed E-state index contributed by atoms with van der Waals surface area (Å²) in [6, 6.07) is 0. The number of carbonyl (C=O) groups excluding carboxylic acids is 3. The molecule has 0 radical (unpaired) electrons. The fourth-order valence-electron chi connectivity index (χ4n) is 8.46. The summed E-state index contributed by atoms with van der Waals surface area (Å²) in [4.78, 5) is 38.4. The molecule has 6 nitrogen and oxygen atoms in total. The topological polar surface area (TPSA) is 78.9 Å². The second-order valence-corrected chi connectivity index (χ2v) is 21.3. The highest BCUT2D eigenvalue weighted by Gasteiger charge is 2.19. The van der Waals surface area contributed by atoms with Crippen LogP contribution >= 0.6 is 0 Å². The van der Waals surface area contributed by atoms with Gasteiger partial charge in [0, 0.05) is 19.3 Å². The van der Waals surface area contributed by atoms with Gasteiger partial charge in [-0.2, -0.15) is 0 Å². The summed E-state index contributed by atoms with van der Waals surface area (Å²) in [5.74, 6) is -0.979. The van der Waals surface area contributed by atoms with Gasteiger partial charge in [-0.1, -0.05) is 267 Å². The van der Waals surface area contributed by atoms with Gasteiger partial charge in [0.1, 0.15) is 13.2 Å². The Morgan fingerprint density at radius 2 is 0.470 bits per heavy atom. The van der Waals surface area contributed by atoms with Crippen LogP contribution in [-0.4, -0.2) is 37.2 Å². The van der Waals surface area contributed by atoms with E-state index >= 15 is 0 Å². The average Bonchev–Trinajstić information content (AvgIpc) is 3.49. The molecule has 0 aromatic rings. The Hall–Kier alpha value is -5.49. The summed E-state index contributed by atoms with van der Waals surface area (Å²) in [7, 11) is 0. The van der Waals surface area contributed by atoms with Crippen molar-refractivity contribution < 1.29 is 28.6 Å². The summed E-state index contributed by atoms with van der Waals surface area (Å²) in [5, 5.41) is 0. The van der Waals surface area contributed by atoms with Gasteiger partial charge in [-0.15, -0.1) is 0 Å². The first kappa shape index (κ1) is 77.5. The average molecular weight is 1140 g/mol. The van der Waals surface area contributed by atoms with Crippen LogP contribution in [0.15, 0.2) is 182 Å². The van der Waals surface area contributed by atoms with Gasteiger partial charge < -0.3 is 14.2 Å². The Balaban J connectivity index is 4.48. The van der Waals surface area contributed by atoms with Gasteiger partial charge in [0.05, 0.1) is 0 Å². The monoisotopic (exact) mass is 1140 g/mol. The van der Waals surface area contributed by atoms with Gasteiger partial charge in [-0.3, -0.25) is 14.4 Å². The van der Waals surface area contributed by atoms with Crippen molar-refractivity contribution in [3.05, 3.63) is 182 Å². The minimum atomic E-state index is -0.818. The molecule has 0 aliphatic carbocycles. The number of hydrogen-bond acceptors (Lipinski definition) is 6. The molecule has 6 heteroatoms. The van der Waals surface area contributed by atoms with Crippen molar-refractivity contribution in [3.8, 4) is 0 Å². The standard InChI is InChI=1S/C77H120O6/c1-4-7-10-13-16-19-22-25-28-30-32-33-34-35-36-37-38-39-40-41-42-43-45-46-49-52-55-58-61-64-67-70-76(79)82-73-74(72-81-75(78)69-66-63-60-57-54-51-48-27-24-21-18-15-12-9-6-3)83-77(80)71-68-65-62-59-56-53-50-47-44-31-29-26-23-20-17-14-11-8-5-2/h7,9-10,12,16-21,25-29,32-33,35-36,38-39,41-42,44-48,52,55,74H,4-6,8,11,13-15,22-24,30-31,34,37,40,43,49-51,53-54,56-73H2,1-3H3/b10-7-,12-9-,19-16-,20-17-,21-18-,28-25-,29-26-,33-32-,36-35-,39-38-,42-41-,46-45-,47-44-,48-27-,55-52-. The largest absolute Gasteiger partial charge is 0.462 e. The van der Waals surface area contributed by atoms with Gasteiger partial charge in [0.25, 0.3) is 0 Å². The Morgan fingerprint density at radius 3 is 0.747 bits per heavy atom. The lowest BCUT2D eigenvalue weighted by Crippen LogP contribution is -2.30. The predicted molar refractivity (Wildman–Crippen MR) is 361 cm³/mol. The molecular weight excluding hydrogens is 1020 g/mol. The molecule has 83 heavy (non-hydrogen) atoms. The fourth-order valence-corrected chi connectivity index (χ4v) is 8.46. The molecule has 0 heterocycles. The highest BCUT2D eigenvalue weighted by molar-refractivity contribution is 5.71. The van der Waals surface area contributed by atoms with Crippen LogP contribution in [0.4, 0.5) is 0 Å². The summed E-state index contributed by atoms with van der Waals surface area (Å²) in [6.07, 6.45) is 103. The van der Waals surface area contributed by atoms with Crippen molar-refractivity contribution in [2.24, 2.45) is 0 Å². The van der Waals surface area contributed by atoms with E-state index < -0.39 is 6.10 Å². The van der Waals surface area contributed by atoms with Crippen molar-refractivity contribution in [1.82, 2.24) is 0 Å². The summed E-state index contributed by atoms with van der Waals surface area (Å²) >= 11 is 0. The Kier molecular flexibility index (Phi) is 64.4. The zero-order chi connectivity index (χ0) is 59.9. The quantitative estimate of drug-likeness (QED) is 0.0261. The van der Waals surface area contributed by atoms with Crippen molar-refractivity contribution >= 4 is 17.9 Å². The molecule has 0 aromatic heterocycles. The lowest BCUT2D eigenvalue weighted by Gasteiger charge is -2.18. The van der Waals surface area contributed by atoms with Gasteiger partial charge in [-0.25, -0.2) is 0 Å². The number of unbranched alkanes of at least 4 members (excludes halogenated alkanes) is 17. The zero-order valence-electron chi connectivity index (χ0n) is 53.1. The van der Waals surface area contributed by atoms with Gasteiger partial charge in [0.2, 0.25) is 0 Å². The number of allylic oxidation sites excluding steroid dienone is 30. The maximum absolute atomic E-state index is 12.9. The molecule has 0 bridgehead atoms. The molecule has 0 saturated heterocycles. The number of ether oxygens (including phenoxy) is 3. The number of carbonyl (C=O) groups is 3. The molecule has 1 atom stereocenters. The molecule has 0 spiro atoms. The first-order chi connectivity index (χ1) is 41.0. The van der Waals surface area contributed by atoms with Crippen molar-refractivity contribution in [1.29, 1.82) is 0 Å². The smallest absolute Gasteiger partial charge is 0.306 e. The van der Waals surface area contributed by atoms with E-state index in [4.69, 9.17) is 14.2 Å². The highest BCUT2D eigenvalue weighted by atomic mass is 16.6. The van der Waals surface area contributed by atoms with Crippen LogP contribution in [0.3, 0.4) is 0 Å². The summed E-state index contributed by atoms with van der Waals surface area (Å²) < 4.78 is 16.9. The minimum absolute atomic E-state index is 0.112. The molecule has 0 aliphatic heterocycles. The van der Waals surface area contributed by atoms with Crippen LogP contribution in [0.2, 0.25) is 0 Å². The van der Waals surface area contributed by atoms with Crippen molar-refractivity contribution in [2.45, 2.75) is 271 Å². The van der Waals surface area contributed by atoms with E-state index in [0.29, 0.717) is 19.3 Å². The zero-order valence-corrected chi connectivity index (χ0v) is 53.1. The second kappa shape index (κ2) is 69.0. The van der Waals surface area contributed by atoms with Gasteiger partial charge in [0.15, 0.2) is 6.10 Å². The molecule has 0 aliphatic rings. The molecule has 0 rings (SSSR count). The normalized spacial score (nSPS) is 13.3. The maximum Gasteiger partial charge on any atom is 0.306 e. The molecular formula is C77H120O6. The third-order valence-electron chi connectivity index (χ3n) is 13.4. The molecule has 464 valence electrons. The molecule has 0 N–H and O–H groups in total. The van der Waals surface area contributed by atoms with Crippen LogP contribution in [0.5, 0.6) is 0 Å². The summed E-state index contributed by atoms with van der Waals surface area (Å²) in [5.41, 5.74) is 0. The minimum Gasteiger partial charge on any atom is -0.462 e. The van der Waals surface area contributed by atoms with E-state index in [-0.39, 0.29) is 31.1 Å². The van der Waals surface area contributed by atoms with Crippen LogP contribution in [0, 0.1) is 0 Å². The van der Waals surface area contributed by atoms with Gasteiger partial charge in [-0.05, 0) is 161 Å². The predicted octanol–water partition coefficient (Wildman–Crippen LogP) is 23.2. The third-order valence-corrected chi connectivity index (χ3v) is 13.4. The van der Waals surface area contributed by atoms with Crippen LogP contribution < -0.4 is 0 Å². The second-order valence-electron chi connectivity index (χ2n) is 21.3. The van der Waals surface area contributed by atoms with E-state index in [2.05, 4.69) is 203 Å². The highest BCUT2D eigenvalue weighted by Crippen LogP contribution is 2.14. The number of rotatable bonds is 58. The van der Waals surface area contributed by atoms with Crippen LogP contribution in [0.25, 0.3) is 0 Å². The Bertz CT molecular complexity index is 1940. The lowest BCUT2D eigenvalue weighted by atomic mass is 10.1. The third kappa shape index (κ3) is 67.2. The lowest BCUT2D eigenvalue weighted by molar-refractivity contribution is -0.167. The van der Waals surface area contributed by atoms with Crippen LogP contribution in [-0.2, 0) is 28.6 Å². The van der Waals surface area contributed by atoms with Crippen LogP contribution in [0.1, 0.15) is 265 Å². The fraction of sp³-hybridized carbons (Fsp3) is 0.571. The molecule has 0 amide bonds. The molecule has 1 unspecified atom stereocenters. The molecule has 0 aromatic carbocycles. The first-order valence-electron chi connectivity index (χ1n) is 33.3. The number of esters is 3. The maximum atomic E-state index is 12.9. The van der Waals surface area contributed by atoms with E-state index in [1.807, 2.05) is 0 Å². The number of hydrogen-bond donors (Lipinski definition) is 0. The first-order valence-corrected chi connectivity index (χ1v) is 33.3. The SMILES string of the molecule is CC/C=C\C/C=C\C/C=C\C/C=C\C/C=C\C/C=C\C/C=C\C/C=C\C/C=C\CCCCCC(=O)OCC(COC(=O)CCCCCCC/C=C\C/C=C\C/C=C\CC)OC(=O)CCCCCCCC/C=C\C/C=C\C/C=C\CCCCC. The van der Waals surface area contributed by atoms with E-state index in [1.54, 1.807) is 0 Å². The van der Waals surface area contributed by atoms with E-state index in [1.165, 1.54) is 38.5 Å².